The lowest BCUT2D eigenvalue weighted by molar-refractivity contribution is 0.542. The molecule has 0 spiro atoms. The van der Waals surface area contributed by atoms with Crippen molar-refractivity contribution in [2.45, 2.75) is 6.92 Å². The van der Waals surface area contributed by atoms with Crippen LogP contribution in [-0.2, 0) is 11.3 Å². The van der Waals surface area contributed by atoms with E-state index >= 15 is 0 Å². The van der Waals surface area contributed by atoms with E-state index in [1.165, 1.54) is 0 Å². The molecule has 84 valence electrons. The van der Waals surface area contributed by atoms with Crippen LogP contribution in [0.15, 0.2) is 34.8 Å². The highest BCUT2D eigenvalue weighted by Crippen LogP contribution is 2.26. The predicted molar refractivity (Wildman–Crippen MR) is 68.9 cm³/mol. The van der Waals surface area contributed by atoms with Crippen LogP contribution in [0.2, 0.25) is 0 Å². The summed E-state index contributed by atoms with van der Waals surface area (Å²) in [5.74, 6) is 0. The molecule has 1 unspecified atom stereocenters. The number of aryl methyl sites for hydroxylation is 1. The van der Waals surface area contributed by atoms with Gasteiger partial charge < -0.3 is 9.27 Å². The molecule has 0 aliphatic carbocycles. The minimum absolute atomic E-state index is 0.614. The van der Waals surface area contributed by atoms with E-state index in [0.717, 1.165) is 20.8 Å². The van der Waals surface area contributed by atoms with Crippen LogP contribution >= 0.6 is 15.9 Å². The summed E-state index contributed by atoms with van der Waals surface area (Å²) < 4.78 is 24.6. The molecule has 0 saturated heterocycles. The number of hydrogen-bond acceptors (Lipinski definition) is 2. The van der Waals surface area contributed by atoms with Crippen molar-refractivity contribution in [2.24, 2.45) is 0 Å². The highest BCUT2D eigenvalue weighted by atomic mass is 79.9. The Hall–Kier alpha value is -0.910. The number of benzene rings is 2. The van der Waals surface area contributed by atoms with Crippen molar-refractivity contribution >= 4 is 43.7 Å². The van der Waals surface area contributed by atoms with Crippen LogP contribution in [0.3, 0.4) is 0 Å². The number of halogens is 1. The van der Waals surface area contributed by atoms with E-state index in [1.807, 2.05) is 37.3 Å². The topological polar surface area (TPSA) is 52.2 Å². The van der Waals surface area contributed by atoms with Gasteiger partial charge in [0.2, 0.25) is 0 Å². The minimum atomic E-state index is -2.28. The van der Waals surface area contributed by atoms with Crippen LogP contribution in [0.4, 0.5) is 5.69 Å². The average Bonchev–Trinajstić information content (AvgIpc) is 2.19. The van der Waals surface area contributed by atoms with Gasteiger partial charge in [0.05, 0.1) is 0 Å². The van der Waals surface area contributed by atoms with Crippen molar-refractivity contribution in [1.29, 1.82) is 0 Å². The Balaban J connectivity index is 2.58. The first-order valence-electron chi connectivity index (χ1n) is 4.62. The van der Waals surface area contributed by atoms with Gasteiger partial charge >= 0.3 is 0 Å². The standard InChI is InChI=1S/C11H10BrNO2S/c1-7-4-9-5-10(12)3-2-8(9)6-11(7)13-16(14)15/h2-6,13H,1H3,(H,14,15)/p-1. The van der Waals surface area contributed by atoms with Gasteiger partial charge in [0.1, 0.15) is 0 Å². The molecule has 0 heterocycles. The van der Waals surface area contributed by atoms with E-state index in [9.17, 15) is 8.76 Å². The first-order valence-corrected chi connectivity index (χ1v) is 6.49. The lowest BCUT2D eigenvalue weighted by atomic mass is 10.1. The second kappa shape index (κ2) is 4.53. The van der Waals surface area contributed by atoms with Crippen LogP contribution in [-0.4, -0.2) is 8.76 Å². The molecule has 1 atom stereocenters. The van der Waals surface area contributed by atoms with Gasteiger partial charge in [-0.15, -0.1) is 0 Å². The van der Waals surface area contributed by atoms with E-state index in [4.69, 9.17) is 0 Å². The SMILES string of the molecule is Cc1cc2cc(Br)ccc2cc1NS(=O)[O-]. The maximum Gasteiger partial charge on any atom is 0.0488 e. The predicted octanol–water partition coefficient (Wildman–Crippen LogP) is 3.12. The molecule has 2 aromatic rings. The monoisotopic (exact) mass is 298 g/mol. The molecule has 2 rings (SSSR count). The Bertz CT molecular complexity index is 571. The summed E-state index contributed by atoms with van der Waals surface area (Å²) >= 11 is 1.12. The van der Waals surface area contributed by atoms with Crippen molar-refractivity contribution in [3.8, 4) is 0 Å². The number of anilines is 1. The van der Waals surface area contributed by atoms with Crippen LogP contribution in [0.25, 0.3) is 10.8 Å². The molecule has 2 aromatic carbocycles. The van der Waals surface area contributed by atoms with Gasteiger partial charge in [0.25, 0.3) is 0 Å². The summed E-state index contributed by atoms with van der Waals surface area (Å²) in [7, 11) is 0. The van der Waals surface area contributed by atoms with E-state index in [-0.39, 0.29) is 0 Å². The van der Waals surface area contributed by atoms with Crippen LogP contribution < -0.4 is 4.72 Å². The van der Waals surface area contributed by atoms with Gasteiger partial charge in [-0.2, -0.15) is 0 Å². The molecule has 0 radical (unpaired) electrons. The van der Waals surface area contributed by atoms with Crippen LogP contribution in [0, 0.1) is 6.92 Å². The van der Waals surface area contributed by atoms with E-state index in [0.29, 0.717) is 5.69 Å². The van der Waals surface area contributed by atoms with Crippen molar-refractivity contribution < 1.29 is 8.76 Å². The smallest absolute Gasteiger partial charge is 0.0488 e. The molecule has 0 aromatic heterocycles. The fraction of sp³-hybridized carbons (Fsp3) is 0.0909. The number of nitrogens with one attached hydrogen (secondary N) is 1. The summed E-state index contributed by atoms with van der Waals surface area (Å²) in [6, 6.07) is 9.65. The lowest BCUT2D eigenvalue weighted by Gasteiger charge is -2.12. The Labute approximate surface area is 104 Å². The van der Waals surface area contributed by atoms with Gasteiger partial charge in [0.15, 0.2) is 0 Å². The number of rotatable bonds is 2. The van der Waals surface area contributed by atoms with E-state index in [2.05, 4.69) is 20.7 Å². The molecule has 16 heavy (non-hydrogen) atoms. The normalized spacial score (nSPS) is 12.7. The quantitative estimate of drug-likeness (QED) is 0.866. The Morgan fingerprint density at radius 2 is 2.00 bits per heavy atom. The highest BCUT2D eigenvalue weighted by Gasteiger charge is 2.01. The summed E-state index contributed by atoms with van der Waals surface area (Å²) in [6.45, 7) is 1.87. The van der Waals surface area contributed by atoms with Crippen LogP contribution in [0.1, 0.15) is 5.56 Å². The fourth-order valence-corrected chi connectivity index (χ4v) is 2.36. The maximum absolute atomic E-state index is 10.6. The zero-order valence-corrected chi connectivity index (χ0v) is 10.9. The fourth-order valence-electron chi connectivity index (χ4n) is 1.58. The van der Waals surface area contributed by atoms with Gasteiger partial charge in [-0.1, -0.05) is 22.0 Å². The van der Waals surface area contributed by atoms with Crippen LogP contribution in [0.5, 0.6) is 0 Å². The summed E-state index contributed by atoms with van der Waals surface area (Å²) in [4.78, 5) is 0. The first-order chi connectivity index (χ1) is 7.56. The molecule has 5 heteroatoms. The Morgan fingerprint density at radius 1 is 1.25 bits per heavy atom. The largest absolute Gasteiger partial charge is 0.755 e. The van der Waals surface area contributed by atoms with Gasteiger partial charge in [-0.05, 0) is 47.5 Å². The third-order valence-electron chi connectivity index (χ3n) is 2.34. The molecule has 1 N–H and O–H groups in total. The first kappa shape index (κ1) is 11.6. The maximum atomic E-state index is 10.6. The highest BCUT2D eigenvalue weighted by molar-refractivity contribution is 9.10. The molecular weight excluding hydrogens is 290 g/mol. The van der Waals surface area contributed by atoms with Gasteiger partial charge in [-0.25, -0.2) is 0 Å². The zero-order valence-electron chi connectivity index (χ0n) is 8.49. The van der Waals surface area contributed by atoms with E-state index < -0.39 is 11.3 Å². The summed E-state index contributed by atoms with van der Waals surface area (Å²) in [5, 5.41) is 2.08. The van der Waals surface area contributed by atoms with Gasteiger partial charge in [0, 0.05) is 21.4 Å². The Kier molecular flexibility index (Phi) is 3.28. The molecule has 0 bridgehead atoms. The van der Waals surface area contributed by atoms with E-state index in [1.54, 1.807) is 0 Å². The zero-order chi connectivity index (χ0) is 11.7. The molecule has 0 aliphatic heterocycles. The summed E-state index contributed by atoms with van der Waals surface area (Å²) in [5.41, 5.74) is 1.51. The average molecular weight is 299 g/mol. The third kappa shape index (κ3) is 2.42. The lowest BCUT2D eigenvalue weighted by Crippen LogP contribution is -2.03. The number of hydrogen-bond donors (Lipinski definition) is 1. The van der Waals surface area contributed by atoms with Crippen molar-refractivity contribution in [2.75, 3.05) is 4.72 Å². The molecule has 0 aliphatic rings. The Morgan fingerprint density at radius 3 is 2.69 bits per heavy atom. The molecule has 0 amide bonds. The second-order valence-electron chi connectivity index (χ2n) is 3.50. The van der Waals surface area contributed by atoms with Gasteiger partial charge in [-0.3, -0.25) is 4.21 Å². The third-order valence-corrected chi connectivity index (χ3v) is 3.22. The van der Waals surface area contributed by atoms with Crippen molar-refractivity contribution in [3.05, 3.63) is 40.4 Å². The van der Waals surface area contributed by atoms with Crippen molar-refractivity contribution in [1.82, 2.24) is 0 Å². The molecule has 0 saturated carbocycles. The molecule has 0 fully saturated rings. The minimum Gasteiger partial charge on any atom is -0.755 e. The number of fused-ring (bicyclic) bond motifs is 1. The van der Waals surface area contributed by atoms with Crippen molar-refractivity contribution in [3.63, 3.8) is 0 Å². The molecule has 3 nitrogen and oxygen atoms in total. The second-order valence-corrected chi connectivity index (χ2v) is 5.08. The molecular formula is C11H9BrNO2S-. The summed E-state index contributed by atoms with van der Waals surface area (Å²) in [6.07, 6.45) is 0.